The first-order valence-corrected chi connectivity index (χ1v) is 10.4. The smallest absolute Gasteiger partial charge is 0.244 e. The van der Waals surface area contributed by atoms with Gasteiger partial charge >= 0.3 is 0 Å². The number of guanidine groups is 1. The lowest BCUT2D eigenvalue weighted by atomic mass is 10.1. The van der Waals surface area contributed by atoms with Crippen molar-refractivity contribution in [2.24, 2.45) is 4.99 Å². The molecule has 7 nitrogen and oxygen atoms in total. The zero-order valence-corrected chi connectivity index (χ0v) is 19.2. The first kappa shape index (κ1) is 23.0. The van der Waals surface area contributed by atoms with Gasteiger partial charge in [-0.05, 0) is 57.8 Å². The van der Waals surface area contributed by atoms with Gasteiger partial charge in [0.15, 0.2) is 5.96 Å². The van der Waals surface area contributed by atoms with Crippen LogP contribution in [0.2, 0.25) is 0 Å². The van der Waals surface area contributed by atoms with E-state index in [9.17, 15) is 4.79 Å². The fourth-order valence-electron chi connectivity index (χ4n) is 3.87. The highest BCUT2D eigenvalue weighted by atomic mass is 127. The summed E-state index contributed by atoms with van der Waals surface area (Å²) in [5.41, 5.74) is 0. The number of hydrogen-bond donors (Lipinski definition) is 2. The summed E-state index contributed by atoms with van der Waals surface area (Å²) in [6.07, 6.45) is 7.71. The second-order valence-corrected chi connectivity index (χ2v) is 7.29. The van der Waals surface area contributed by atoms with Gasteiger partial charge in [0.05, 0.1) is 12.3 Å². The van der Waals surface area contributed by atoms with Gasteiger partial charge in [0.1, 0.15) is 12.3 Å². The average Bonchev–Trinajstić information content (AvgIpc) is 3.41. The Bertz CT molecular complexity index is 596. The Hall–Kier alpha value is -1.29. The van der Waals surface area contributed by atoms with Crippen LogP contribution in [0.5, 0.6) is 0 Å². The van der Waals surface area contributed by atoms with Crippen LogP contribution in [0.15, 0.2) is 27.8 Å². The molecule has 0 aromatic carbocycles. The average molecular weight is 503 g/mol. The summed E-state index contributed by atoms with van der Waals surface area (Å²) >= 11 is 0. The molecule has 2 aliphatic heterocycles. The standard InChI is InChI=1S/C20H33N5O2.HI/c1-2-21-20(23-16-19(26)25-12-6-7-13-25)22-15-17(18-9-8-14-27-18)24-10-4-3-5-11-24;/h8-9,14,17H,2-7,10-13,15-16H2,1H3,(H2,21,22,23);1H. The van der Waals surface area contributed by atoms with Crippen molar-refractivity contribution in [3.8, 4) is 0 Å². The van der Waals surface area contributed by atoms with Crippen LogP contribution in [0, 0.1) is 0 Å². The molecule has 0 spiro atoms. The lowest BCUT2D eigenvalue weighted by molar-refractivity contribution is -0.128. The lowest BCUT2D eigenvalue weighted by Crippen LogP contribution is -2.44. The number of aliphatic imine (C=N–C) groups is 1. The van der Waals surface area contributed by atoms with E-state index in [2.05, 4.69) is 20.5 Å². The van der Waals surface area contributed by atoms with Crippen molar-refractivity contribution in [2.45, 2.75) is 45.1 Å². The minimum absolute atomic E-state index is 0. The predicted molar refractivity (Wildman–Crippen MR) is 122 cm³/mol. The number of carbonyl (C=O) groups is 1. The number of nitrogens with one attached hydrogen (secondary N) is 2. The molecule has 1 atom stereocenters. The van der Waals surface area contributed by atoms with Crippen molar-refractivity contribution in [1.29, 1.82) is 0 Å². The molecule has 1 aromatic heterocycles. The van der Waals surface area contributed by atoms with Gasteiger partial charge in [-0.2, -0.15) is 0 Å². The zero-order valence-electron chi connectivity index (χ0n) is 16.9. The maximum absolute atomic E-state index is 12.3. The van der Waals surface area contributed by atoms with Gasteiger partial charge in [-0.3, -0.25) is 9.69 Å². The van der Waals surface area contributed by atoms with E-state index in [4.69, 9.17) is 4.42 Å². The number of hydrogen-bond acceptors (Lipinski definition) is 4. The molecule has 2 N–H and O–H groups in total. The van der Waals surface area contributed by atoms with Crippen LogP contribution < -0.4 is 10.6 Å². The van der Waals surface area contributed by atoms with Crippen LogP contribution >= 0.6 is 24.0 Å². The second kappa shape index (κ2) is 12.3. The number of amides is 1. The molecular weight excluding hydrogens is 469 g/mol. The highest BCUT2D eigenvalue weighted by Crippen LogP contribution is 2.24. The van der Waals surface area contributed by atoms with E-state index in [-0.39, 0.29) is 42.5 Å². The van der Waals surface area contributed by atoms with Crippen molar-refractivity contribution in [3.63, 3.8) is 0 Å². The van der Waals surface area contributed by atoms with Crippen LogP contribution in [0.25, 0.3) is 0 Å². The molecule has 28 heavy (non-hydrogen) atoms. The number of piperidine rings is 1. The third kappa shape index (κ3) is 6.65. The van der Waals surface area contributed by atoms with Crippen LogP contribution in [0.4, 0.5) is 0 Å². The van der Waals surface area contributed by atoms with E-state index in [0.717, 1.165) is 51.3 Å². The fraction of sp³-hybridized carbons (Fsp3) is 0.700. The highest BCUT2D eigenvalue weighted by molar-refractivity contribution is 14.0. The number of rotatable bonds is 7. The van der Waals surface area contributed by atoms with Crippen LogP contribution in [-0.2, 0) is 4.79 Å². The maximum Gasteiger partial charge on any atom is 0.244 e. The van der Waals surface area contributed by atoms with Crippen molar-refractivity contribution >= 4 is 35.8 Å². The van der Waals surface area contributed by atoms with Gasteiger partial charge in [-0.25, -0.2) is 4.99 Å². The Morgan fingerprint density at radius 1 is 1.14 bits per heavy atom. The molecule has 0 radical (unpaired) electrons. The molecule has 158 valence electrons. The van der Waals surface area contributed by atoms with Crippen molar-refractivity contribution in [3.05, 3.63) is 24.2 Å². The molecule has 8 heteroatoms. The van der Waals surface area contributed by atoms with E-state index in [1.807, 2.05) is 24.0 Å². The van der Waals surface area contributed by atoms with Gasteiger partial charge < -0.3 is 20.0 Å². The van der Waals surface area contributed by atoms with Gasteiger partial charge in [0, 0.05) is 26.2 Å². The molecule has 1 aromatic rings. The molecule has 3 heterocycles. The third-order valence-electron chi connectivity index (χ3n) is 5.34. The van der Waals surface area contributed by atoms with Crippen LogP contribution in [0.1, 0.15) is 50.8 Å². The minimum Gasteiger partial charge on any atom is -0.468 e. The topological polar surface area (TPSA) is 73.1 Å². The summed E-state index contributed by atoms with van der Waals surface area (Å²) in [7, 11) is 0. The molecule has 2 aliphatic rings. The van der Waals surface area contributed by atoms with Crippen molar-refractivity contribution < 1.29 is 9.21 Å². The summed E-state index contributed by atoms with van der Waals surface area (Å²) in [6.45, 7) is 7.62. The van der Waals surface area contributed by atoms with Crippen LogP contribution in [0.3, 0.4) is 0 Å². The van der Waals surface area contributed by atoms with Crippen LogP contribution in [-0.4, -0.2) is 67.5 Å². The maximum atomic E-state index is 12.3. The molecule has 3 rings (SSSR count). The van der Waals surface area contributed by atoms with E-state index in [1.54, 1.807) is 6.26 Å². The van der Waals surface area contributed by atoms with Gasteiger partial charge in [0.2, 0.25) is 5.91 Å². The van der Waals surface area contributed by atoms with E-state index >= 15 is 0 Å². The second-order valence-electron chi connectivity index (χ2n) is 7.29. The SMILES string of the molecule is CCNC(=NCC(=O)N1CCCC1)NCC(c1ccco1)N1CCCCC1.I. The third-order valence-corrected chi connectivity index (χ3v) is 5.34. The monoisotopic (exact) mass is 503 g/mol. The Kier molecular flexibility index (Phi) is 10.1. The number of likely N-dealkylation sites (tertiary alicyclic amines) is 2. The van der Waals surface area contributed by atoms with Gasteiger partial charge in [0.25, 0.3) is 0 Å². The normalized spacial score (nSPS) is 19.2. The van der Waals surface area contributed by atoms with Gasteiger partial charge in [-0.15, -0.1) is 24.0 Å². The number of carbonyl (C=O) groups excluding carboxylic acids is 1. The molecular formula is C20H34IN5O2. The molecule has 2 fully saturated rings. The number of furan rings is 1. The Morgan fingerprint density at radius 3 is 2.50 bits per heavy atom. The van der Waals surface area contributed by atoms with E-state index in [0.29, 0.717) is 12.5 Å². The van der Waals surface area contributed by atoms with Crippen molar-refractivity contribution in [1.82, 2.24) is 20.4 Å². The quantitative estimate of drug-likeness (QED) is 0.340. The molecule has 0 aliphatic carbocycles. The first-order valence-electron chi connectivity index (χ1n) is 10.4. The zero-order chi connectivity index (χ0) is 18.9. The molecule has 1 unspecified atom stereocenters. The number of halogens is 1. The fourth-order valence-corrected chi connectivity index (χ4v) is 3.87. The lowest BCUT2D eigenvalue weighted by Gasteiger charge is -2.33. The Labute approximate surface area is 185 Å². The van der Waals surface area contributed by atoms with E-state index in [1.165, 1.54) is 19.3 Å². The predicted octanol–water partition coefficient (Wildman–Crippen LogP) is 2.60. The molecule has 2 saturated heterocycles. The summed E-state index contributed by atoms with van der Waals surface area (Å²) in [5, 5.41) is 6.67. The highest BCUT2D eigenvalue weighted by Gasteiger charge is 2.24. The molecule has 1 amide bonds. The number of nitrogens with zero attached hydrogens (tertiary/aromatic N) is 3. The van der Waals surface area contributed by atoms with Gasteiger partial charge in [-0.1, -0.05) is 6.42 Å². The Balaban J connectivity index is 0.00000280. The first-order chi connectivity index (χ1) is 13.3. The summed E-state index contributed by atoms with van der Waals surface area (Å²) in [4.78, 5) is 21.2. The summed E-state index contributed by atoms with van der Waals surface area (Å²) in [6, 6.07) is 4.17. The minimum atomic E-state index is 0. The largest absolute Gasteiger partial charge is 0.468 e. The molecule has 0 bridgehead atoms. The molecule has 0 saturated carbocycles. The summed E-state index contributed by atoms with van der Waals surface area (Å²) < 4.78 is 5.70. The summed E-state index contributed by atoms with van der Waals surface area (Å²) in [5.74, 6) is 1.79. The van der Waals surface area contributed by atoms with E-state index < -0.39 is 0 Å². The van der Waals surface area contributed by atoms with Crippen molar-refractivity contribution in [2.75, 3.05) is 45.8 Å². The Morgan fingerprint density at radius 2 is 1.86 bits per heavy atom.